The molecule has 0 aromatic heterocycles. The maximum absolute atomic E-state index is 12.4. The lowest BCUT2D eigenvalue weighted by atomic mass is 9.49. The molecule has 4 aliphatic carbocycles. The van der Waals surface area contributed by atoms with Crippen molar-refractivity contribution in [1.82, 2.24) is 5.32 Å². The highest BCUT2D eigenvalue weighted by molar-refractivity contribution is 5.76. The van der Waals surface area contributed by atoms with Crippen molar-refractivity contribution in [2.75, 3.05) is 13.2 Å². The molecule has 0 aliphatic heterocycles. The Balaban J connectivity index is 1.50. The van der Waals surface area contributed by atoms with E-state index in [-0.39, 0.29) is 12.5 Å². The third kappa shape index (κ3) is 3.44. The van der Waals surface area contributed by atoms with Crippen molar-refractivity contribution in [2.24, 2.45) is 29.1 Å². The molecule has 4 rings (SSSR count). The van der Waals surface area contributed by atoms with Gasteiger partial charge in [0.15, 0.2) is 0 Å². The number of nitrogens with one attached hydrogen (secondary N) is 1. The standard InChI is InChI=1S/C18H31NO2/c1-2-13(3-4-20)12-19-17(21)11-18-8-14-5-15(9-18)7-16(6-14)10-18/h13-16,20H,2-12H2,1H3,(H,19,21). The molecule has 0 heterocycles. The van der Waals surface area contributed by atoms with E-state index in [1.807, 2.05) is 0 Å². The molecule has 1 amide bonds. The van der Waals surface area contributed by atoms with Crippen LogP contribution in [0.5, 0.6) is 0 Å². The van der Waals surface area contributed by atoms with Gasteiger partial charge in [-0.1, -0.05) is 13.3 Å². The van der Waals surface area contributed by atoms with E-state index in [1.54, 1.807) is 0 Å². The molecule has 0 aromatic rings. The monoisotopic (exact) mass is 293 g/mol. The second kappa shape index (κ2) is 6.28. The zero-order chi connectivity index (χ0) is 14.9. The predicted octanol–water partition coefficient (Wildman–Crippen LogP) is 3.12. The van der Waals surface area contributed by atoms with Gasteiger partial charge in [0.1, 0.15) is 0 Å². The first-order chi connectivity index (χ1) is 10.1. The molecular formula is C18H31NO2. The lowest BCUT2D eigenvalue weighted by molar-refractivity contribution is -0.129. The molecule has 3 nitrogen and oxygen atoms in total. The number of carbonyl (C=O) groups excluding carboxylic acids is 1. The van der Waals surface area contributed by atoms with E-state index in [0.29, 0.717) is 11.3 Å². The average Bonchev–Trinajstić information content (AvgIpc) is 2.41. The van der Waals surface area contributed by atoms with Crippen LogP contribution in [-0.2, 0) is 4.79 Å². The van der Waals surface area contributed by atoms with Gasteiger partial charge in [-0.05, 0) is 74.0 Å². The van der Waals surface area contributed by atoms with Gasteiger partial charge in [-0.2, -0.15) is 0 Å². The Labute approximate surface area is 128 Å². The second-order valence-corrected chi connectivity index (χ2v) is 8.18. The van der Waals surface area contributed by atoms with Crippen molar-refractivity contribution in [3.8, 4) is 0 Å². The molecule has 3 heteroatoms. The van der Waals surface area contributed by atoms with Gasteiger partial charge in [-0.25, -0.2) is 0 Å². The summed E-state index contributed by atoms with van der Waals surface area (Å²) in [7, 11) is 0. The molecule has 0 spiro atoms. The fourth-order valence-electron chi connectivity index (χ4n) is 5.80. The summed E-state index contributed by atoms with van der Waals surface area (Å²) in [6, 6.07) is 0. The predicted molar refractivity (Wildman–Crippen MR) is 83.7 cm³/mol. The highest BCUT2D eigenvalue weighted by Crippen LogP contribution is 2.61. The Hall–Kier alpha value is -0.570. The number of amides is 1. The molecule has 2 N–H and O–H groups in total. The highest BCUT2D eigenvalue weighted by atomic mass is 16.3. The van der Waals surface area contributed by atoms with E-state index in [4.69, 9.17) is 5.11 Å². The van der Waals surface area contributed by atoms with Crippen LogP contribution in [0.15, 0.2) is 0 Å². The lowest BCUT2D eigenvalue weighted by Crippen LogP contribution is -2.48. The summed E-state index contributed by atoms with van der Waals surface area (Å²) >= 11 is 0. The average molecular weight is 293 g/mol. The van der Waals surface area contributed by atoms with Crippen molar-refractivity contribution in [1.29, 1.82) is 0 Å². The number of hydrogen-bond donors (Lipinski definition) is 2. The molecule has 120 valence electrons. The number of rotatable bonds is 7. The SMILES string of the molecule is CCC(CCO)CNC(=O)CC12CC3CC(CC(C3)C1)C2. The second-order valence-electron chi connectivity index (χ2n) is 8.18. The van der Waals surface area contributed by atoms with Crippen molar-refractivity contribution >= 4 is 5.91 Å². The summed E-state index contributed by atoms with van der Waals surface area (Å²) in [5, 5.41) is 12.2. The van der Waals surface area contributed by atoms with E-state index < -0.39 is 0 Å². The van der Waals surface area contributed by atoms with Gasteiger partial charge in [-0.3, -0.25) is 4.79 Å². The maximum atomic E-state index is 12.4. The molecule has 0 radical (unpaired) electrons. The first kappa shape index (κ1) is 15.3. The zero-order valence-corrected chi connectivity index (χ0v) is 13.4. The van der Waals surface area contributed by atoms with Crippen molar-refractivity contribution < 1.29 is 9.90 Å². The summed E-state index contributed by atoms with van der Waals surface area (Å²) < 4.78 is 0. The zero-order valence-electron chi connectivity index (χ0n) is 13.4. The van der Waals surface area contributed by atoms with Gasteiger partial charge in [0.2, 0.25) is 5.91 Å². The third-order valence-corrected chi connectivity index (χ3v) is 6.40. The molecule has 4 bridgehead atoms. The summed E-state index contributed by atoms with van der Waals surface area (Å²) in [6.45, 7) is 3.09. The fourth-order valence-corrected chi connectivity index (χ4v) is 5.80. The fraction of sp³-hybridized carbons (Fsp3) is 0.944. The van der Waals surface area contributed by atoms with Crippen LogP contribution in [0.4, 0.5) is 0 Å². The van der Waals surface area contributed by atoms with E-state index in [0.717, 1.165) is 43.6 Å². The minimum atomic E-state index is 0.226. The van der Waals surface area contributed by atoms with Crippen LogP contribution in [0.3, 0.4) is 0 Å². The Morgan fingerprint density at radius 2 is 1.76 bits per heavy atom. The number of hydrogen-bond acceptors (Lipinski definition) is 2. The molecule has 4 aliphatic rings. The number of aliphatic hydroxyl groups is 1. The Bertz CT molecular complexity index is 344. The largest absolute Gasteiger partial charge is 0.396 e. The van der Waals surface area contributed by atoms with Gasteiger partial charge in [0, 0.05) is 19.6 Å². The van der Waals surface area contributed by atoms with E-state index >= 15 is 0 Å². The minimum absolute atomic E-state index is 0.226. The third-order valence-electron chi connectivity index (χ3n) is 6.40. The van der Waals surface area contributed by atoms with Crippen LogP contribution >= 0.6 is 0 Å². The number of carbonyl (C=O) groups is 1. The normalized spacial score (nSPS) is 38.5. The topological polar surface area (TPSA) is 49.3 Å². The Morgan fingerprint density at radius 1 is 1.19 bits per heavy atom. The highest BCUT2D eigenvalue weighted by Gasteiger charge is 2.51. The first-order valence-corrected chi connectivity index (χ1v) is 9.00. The van der Waals surface area contributed by atoms with Gasteiger partial charge < -0.3 is 10.4 Å². The van der Waals surface area contributed by atoms with Gasteiger partial charge in [0.25, 0.3) is 0 Å². The van der Waals surface area contributed by atoms with Crippen molar-refractivity contribution in [3.05, 3.63) is 0 Å². The smallest absolute Gasteiger partial charge is 0.220 e. The minimum Gasteiger partial charge on any atom is -0.396 e. The summed E-state index contributed by atoms with van der Waals surface area (Å²) in [4.78, 5) is 12.4. The quantitative estimate of drug-likeness (QED) is 0.757. The molecule has 0 aromatic carbocycles. The Morgan fingerprint density at radius 3 is 2.24 bits per heavy atom. The molecule has 4 saturated carbocycles. The van der Waals surface area contributed by atoms with Crippen molar-refractivity contribution in [3.63, 3.8) is 0 Å². The van der Waals surface area contributed by atoms with Crippen LogP contribution < -0.4 is 5.32 Å². The Kier molecular flexibility index (Phi) is 4.58. The van der Waals surface area contributed by atoms with Crippen LogP contribution in [-0.4, -0.2) is 24.2 Å². The van der Waals surface area contributed by atoms with E-state index in [9.17, 15) is 4.79 Å². The van der Waals surface area contributed by atoms with Gasteiger partial charge >= 0.3 is 0 Å². The van der Waals surface area contributed by atoms with E-state index in [2.05, 4.69) is 12.2 Å². The van der Waals surface area contributed by atoms with Crippen molar-refractivity contribution in [2.45, 2.75) is 64.7 Å². The summed E-state index contributed by atoms with van der Waals surface area (Å²) in [5.74, 6) is 3.44. The maximum Gasteiger partial charge on any atom is 0.220 e. The first-order valence-electron chi connectivity index (χ1n) is 9.00. The van der Waals surface area contributed by atoms with Gasteiger partial charge in [-0.15, -0.1) is 0 Å². The molecule has 0 saturated heterocycles. The van der Waals surface area contributed by atoms with Crippen LogP contribution in [0.1, 0.15) is 64.7 Å². The molecule has 1 atom stereocenters. The number of aliphatic hydroxyl groups excluding tert-OH is 1. The van der Waals surface area contributed by atoms with E-state index in [1.165, 1.54) is 38.5 Å². The van der Waals surface area contributed by atoms with Crippen LogP contribution in [0.2, 0.25) is 0 Å². The lowest BCUT2D eigenvalue weighted by Gasteiger charge is -2.56. The van der Waals surface area contributed by atoms with Crippen LogP contribution in [0, 0.1) is 29.1 Å². The molecule has 1 unspecified atom stereocenters. The molecule has 4 fully saturated rings. The van der Waals surface area contributed by atoms with Gasteiger partial charge in [0.05, 0.1) is 0 Å². The molecule has 21 heavy (non-hydrogen) atoms. The van der Waals surface area contributed by atoms with Crippen LogP contribution in [0.25, 0.3) is 0 Å². The molecular weight excluding hydrogens is 262 g/mol. The summed E-state index contributed by atoms with van der Waals surface area (Å²) in [6.07, 6.45) is 10.8. The summed E-state index contributed by atoms with van der Waals surface area (Å²) in [5.41, 5.74) is 0.345.